The maximum absolute atomic E-state index is 9.53. The van der Waals surface area contributed by atoms with Crippen molar-refractivity contribution in [3.05, 3.63) is 35.4 Å². The average Bonchev–Trinajstić information content (AvgIpc) is 2.51. The molecule has 1 aliphatic rings. The Morgan fingerprint density at radius 3 is 2.94 bits per heavy atom. The molecular weight excluding hydrogens is 196 g/mol. The lowest BCUT2D eigenvalue weighted by Crippen LogP contribution is -2.41. The normalized spacial score (nSPS) is 24.2. The Balaban J connectivity index is 2.50. The van der Waals surface area contributed by atoms with Crippen LogP contribution in [0.2, 0.25) is 0 Å². The summed E-state index contributed by atoms with van der Waals surface area (Å²) >= 11 is 0. The number of benzene rings is 1. The van der Waals surface area contributed by atoms with E-state index in [1.807, 2.05) is 6.07 Å². The van der Waals surface area contributed by atoms with Gasteiger partial charge in [0, 0.05) is 0 Å². The van der Waals surface area contributed by atoms with Crippen LogP contribution >= 0.6 is 0 Å². The van der Waals surface area contributed by atoms with E-state index in [2.05, 4.69) is 36.5 Å². The lowest BCUT2D eigenvalue weighted by Gasteiger charge is -2.28. The first kappa shape index (κ1) is 11.2. The van der Waals surface area contributed by atoms with E-state index < -0.39 is 5.54 Å². The molecule has 1 aliphatic carbocycles. The third-order valence-electron chi connectivity index (χ3n) is 3.39. The van der Waals surface area contributed by atoms with Gasteiger partial charge in [0.2, 0.25) is 0 Å². The van der Waals surface area contributed by atoms with E-state index in [4.69, 9.17) is 0 Å². The number of fused-ring (bicyclic) bond motifs is 1. The van der Waals surface area contributed by atoms with Gasteiger partial charge in [0.25, 0.3) is 0 Å². The molecule has 0 aromatic heterocycles. The van der Waals surface area contributed by atoms with Crippen LogP contribution in [0, 0.1) is 11.3 Å². The maximum Gasteiger partial charge on any atom is 0.132 e. The number of hydrogen-bond acceptors (Lipinski definition) is 2. The van der Waals surface area contributed by atoms with Gasteiger partial charge in [-0.3, -0.25) is 5.32 Å². The van der Waals surface area contributed by atoms with E-state index in [-0.39, 0.29) is 0 Å². The van der Waals surface area contributed by atoms with E-state index >= 15 is 0 Å². The smallest absolute Gasteiger partial charge is 0.132 e. The van der Waals surface area contributed by atoms with Crippen LogP contribution in [0.15, 0.2) is 24.3 Å². The molecule has 0 saturated carbocycles. The lowest BCUT2D eigenvalue weighted by molar-refractivity contribution is 0.402. The van der Waals surface area contributed by atoms with Gasteiger partial charge < -0.3 is 0 Å². The minimum absolute atomic E-state index is 0.457. The van der Waals surface area contributed by atoms with Crippen LogP contribution in [0.4, 0.5) is 0 Å². The Morgan fingerprint density at radius 2 is 2.19 bits per heavy atom. The third kappa shape index (κ3) is 1.83. The van der Waals surface area contributed by atoms with E-state index in [1.165, 1.54) is 17.5 Å². The summed E-state index contributed by atoms with van der Waals surface area (Å²) in [6.07, 6.45) is 4.33. The first-order valence-corrected chi connectivity index (χ1v) is 6.07. The highest BCUT2D eigenvalue weighted by Gasteiger charge is 2.34. The van der Waals surface area contributed by atoms with Crippen molar-refractivity contribution in [2.75, 3.05) is 6.54 Å². The molecule has 16 heavy (non-hydrogen) atoms. The summed E-state index contributed by atoms with van der Waals surface area (Å²) in [5.41, 5.74) is 2.07. The number of nitriles is 1. The van der Waals surface area contributed by atoms with Crippen molar-refractivity contribution >= 4 is 0 Å². The number of aryl methyl sites for hydroxylation is 1. The fourth-order valence-corrected chi connectivity index (χ4v) is 2.64. The molecule has 2 rings (SSSR count). The van der Waals surface area contributed by atoms with Crippen LogP contribution in [0.1, 0.15) is 37.3 Å². The molecule has 1 unspecified atom stereocenters. The van der Waals surface area contributed by atoms with Gasteiger partial charge in [-0.05, 0) is 43.4 Å². The summed E-state index contributed by atoms with van der Waals surface area (Å²) in [6, 6.07) is 10.9. The standard InChI is InChI=1S/C14H18N2/c1-2-16-14(11-15)10-6-5-8-12-7-3-4-9-13(12)14/h3-4,7,9,16H,2,5-6,8,10H2,1H3. The van der Waals surface area contributed by atoms with Crippen LogP contribution in [-0.4, -0.2) is 6.54 Å². The van der Waals surface area contributed by atoms with E-state index in [9.17, 15) is 5.26 Å². The minimum atomic E-state index is -0.457. The predicted octanol–water partition coefficient (Wildman–Crippen LogP) is 2.74. The van der Waals surface area contributed by atoms with Crippen molar-refractivity contribution in [1.29, 1.82) is 5.26 Å². The molecule has 2 nitrogen and oxygen atoms in total. The van der Waals surface area contributed by atoms with Gasteiger partial charge in [-0.25, -0.2) is 0 Å². The van der Waals surface area contributed by atoms with Gasteiger partial charge in [0.1, 0.15) is 5.54 Å². The highest BCUT2D eigenvalue weighted by molar-refractivity contribution is 5.39. The Hall–Kier alpha value is -1.33. The second kappa shape index (κ2) is 4.67. The number of rotatable bonds is 2. The monoisotopic (exact) mass is 214 g/mol. The van der Waals surface area contributed by atoms with E-state index in [0.29, 0.717) is 0 Å². The summed E-state index contributed by atoms with van der Waals surface area (Å²) in [7, 11) is 0. The van der Waals surface area contributed by atoms with Crippen molar-refractivity contribution < 1.29 is 0 Å². The molecule has 0 saturated heterocycles. The van der Waals surface area contributed by atoms with Crippen LogP contribution in [0.3, 0.4) is 0 Å². The molecule has 1 aromatic carbocycles. The molecule has 0 spiro atoms. The molecule has 84 valence electrons. The molecule has 1 N–H and O–H groups in total. The molecule has 1 aromatic rings. The molecular formula is C14H18N2. The minimum Gasteiger partial charge on any atom is -0.296 e. The number of nitrogens with zero attached hydrogens (tertiary/aromatic N) is 1. The zero-order chi connectivity index (χ0) is 11.4. The summed E-state index contributed by atoms with van der Waals surface area (Å²) in [6.45, 7) is 2.90. The Bertz CT molecular complexity index is 405. The molecule has 0 fully saturated rings. The summed E-state index contributed by atoms with van der Waals surface area (Å²) in [4.78, 5) is 0. The SMILES string of the molecule is CCNC1(C#N)CCCCc2ccccc21. The average molecular weight is 214 g/mol. The molecule has 0 amide bonds. The molecule has 0 aliphatic heterocycles. The maximum atomic E-state index is 9.53. The quantitative estimate of drug-likeness (QED) is 0.768. The van der Waals surface area contributed by atoms with Crippen molar-refractivity contribution in [2.45, 2.75) is 38.1 Å². The summed E-state index contributed by atoms with van der Waals surface area (Å²) < 4.78 is 0. The Morgan fingerprint density at radius 1 is 1.38 bits per heavy atom. The Kier molecular flexibility index (Phi) is 3.26. The predicted molar refractivity (Wildman–Crippen MR) is 65.0 cm³/mol. The second-order valence-electron chi connectivity index (χ2n) is 4.41. The highest BCUT2D eigenvalue weighted by atomic mass is 15.0. The van der Waals surface area contributed by atoms with Crippen molar-refractivity contribution in [2.24, 2.45) is 0 Å². The van der Waals surface area contributed by atoms with Crippen LogP contribution < -0.4 is 5.32 Å². The largest absolute Gasteiger partial charge is 0.296 e. The van der Waals surface area contributed by atoms with E-state index in [0.717, 1.165) is 25.8 Å². The van der Waals surface area contributed by atoms with Gasteiger partial charge in [-0.2, -0.15) is 5.26 Å². The van der Waals surface area contributed by atoms with Crippen LogP contribution in [0.5, 0.6) is 0 Å². The molecule has 2 heteroatoms. The molecule has 0 bridgehead atoms. The Labute approximate surface area is 97.3 Å². The van der Waals surface area contributed by atoms with Crippen molar-refractivity contribution in [1.82, 2.24) is 5.32 Å². The summed E-state index contributed by atoms with van der Waals surface area (Å²) in [5, 5.41) is 12.9. The number of hydrogen-bond donors (Lipinski definition) is 1. The van der Waals surface area contributed by atoms with Crippen LogP contribution in [0.25, 0.3) is 0 Å². The van der Waals surface area contributed by atoms with Gasteiger partial charge >= 0.3 is 0 Å². The number of nitrogens with one attached hydrogen (secondary N) is 1. The highest BCUT2D eigenvalue weighted by Crippen LogP contribution is 2.33. The second-order valence-corrected chi connectivity index (χ2v) is 4.41. The fourth-order valence-electron chi connectivity index (χ4n) is 2.64. The van der Waals surface area contributed by atoms with Gasteiger partial charge in [0.15, 0.2) is 0 Å². The zero-order valence-electron chi connectivity index (χ0n) is 9.79. The van der Waals surface area contributed by atoms with Gasteiger partial charge in [-0.15, -0.1) is 0 Å². The first-order valence-electron chi connectivity index (χ1n) is 6.07. The van der Waals surface area contributed by atoms with Gasteiger partial charge in [-0.1, -0.05) is 31.2 Å². The molecule has 0 radical (unpaired) electrons. The zero-order valence-corrected chi connectivity index (χ0v) is 9.79. The van der Waals surface area contributed by atoms with Gasteiger partial charge in [0.05, 0.1) is 6.07 Å². The van der Waals surface area contributed by atoms with Crippen molar-refractivity contribution in [3.63, 3.8) is 0 Å². The third-order valence-corrected chi connectivity index (χ3v) is 3.39. The van der Waals surface area contributed by atoms with E-state index in [1.54, 1.807) is 0 Å². The molecule has 1 atom stereocenters. The summed E-state index contributed by atoms with van der Waals surface area (Å²) in [5.74, 6) is 0. The molecule has 0 heterocycles. The van der Waals surface area contributed by atoms with Crippen LogP contribution in [-0.2, 0) is 12.0 Å². The topological polar surface area (TPSA) is 35.8 Å². The van der Waals surface area contributed by atoms with Crippen molar-refractivity contribution in [3.8, 4) is 6.07 Å². The first-order chi connectivity index (χ1) is 7.82. The fraction of sp³-hybridized carbons (Fsp3) is 0.500. The lowest BCUT2D eigenvalue weighted by atomic mass is 9.85.